The van der Waals surface area contributed by atoms with Crippen molar-refractivity contribution in [3.63, 3.8) is 0 Å². The second-order valence-corrected chi connectivity index (χ2v) is 3.06. The highest BCUT2D eigenvalue weighted by atomic mass is 35.5. The monoisotopic (exact) mass is 196 g/mol. The Kier molecular flexibility index (Phi) is 3.18. The fourth-order valence-corrected chi connectivity index (χ4v) is 1.19. The Morgan fingerprint density at radius 2 is 2.23 bits per heavy atom. The molecule has 0 aliphatic rings. The molecule has 1 rings (SSSR count). The molecule has 0 aliphatic carbocycles. The normalized spacial score (nSPS) is 12.1. The van der Waals surface area contributed by atoms with Crippen LogP contribution in [0.1, 0.15) is 18.1 Å². The maximum Gasteiger partial charge on any atom is 0.121 e. The Morgan fingerprint density at radius 1 is 1.54 bits per heavy atom. The lowest BCUT2D eigenvalue weighted by Gasteiger charge is -2.09. The van der Waals surface area contributed by atoms with Crippen LogP contribution < -0.4 is 0 Å². The van der Waals surface area contributed by atoms with Crippen molar-refractivity contribution >= 4 is 11.6 Å². The van der Waals surface area contributed by atoms with Crippen LogP contribution in [0.5, 0.6) is 5.75 Å². The van der Waals surface area contributed by atoms with Gasteiger partial charge >= 0.3 is 0 Å². The summed E-state index contributed by atoms with van der Waals surface area (Å²) in [5, 5.41) is 19.3. The average molecular weight is 197 g/mol. The second kappa shape index (κ2) is 4.18. The number of hydrogen-bond donors (Lipinski definition) is 2. The summed E-state index contributed by atoms with van der Waals surface area (Å²) in [6, 6.07) is 4.47. The van der Waals surface area contributed by atoms with Crippen LogP contribution in [0.2, 0.25) is 5.02 Å². The third-order valence-electron chi connectivity index (χ3n) is 1.66. The Morgan fingerprint density at radius 3 is 2.85 bits per heavy atom. The molecule has 0 saturated heterocycles. The molecule has 0 radical (unpaired) electrons. The molecule has 0 heterocycles. The van der Waals surface area contributed by atoms with Gasteiger partial charge in [0, 0.05) is 17.0 Å². The van der Waals surface area contributed by atoms with Crippen LogP contribution in [0.15, 0.2) is 18.2 Å². The van der Waals surface area contributed by atoms with Crippen molar-refractivity contribution in [2.75, 3.05) is 0 Å². The Labute approximate surface area is 81.8 Å². The fourth-order valence-electron chi connectivity index (χ4n) is 1.01. The lowest BCUT2D eigenvalue weighted by Crippen LogP contribution is -1.96. The number of aliphatic hydroxyl groups is 1. The summed E-state index contributed by atoms with van der Waals surface area (Å²) in [7, 11) is 0. The molecule has 2 N–H and O–H groups in total. The smallest absolute Gasteiger partial charge is 0.121 e. The van der Waals surface area contributed by atoms with Gasteiger partial charge < -0.3 is 10.2 Å². The van der Waals surface area contributed by atoms with E-state index in [9.17, 15) is 10.2 Å². The van der Waals surface area contributed by atoms with Crippen molar-refractivity contribution in [2.45, 2.75) is 12.5 Å². The van der Waals surface area contributed by atoms with Crippen molar-refractivity contribution in [2.24, 2.45) is 0 Å². The van der Waals surface area contributed by atoms with Crippen molar-refractivity contribution in [1.82, 2.24) is 0 Å². The number of phenols is 1. The first kappa shape index (κ1) is 9.91. The van der Waals surface area contributed by atoms with E-state index in [1.165, 1.54) is 12.1 Å². The number of aromatic hydroxyl groups is 1. The van der Waals surface area contributed by atoms with Gasteiger partial charge in [0.15, 0.2) is 0 Å². The Balaban J connectivity index is 3.00. The van der Waals surface area contributed by atoms with Crippen LogP contribution in [0.3, 0.4) is 0 Å². The first-order chi connectivity index (χ1) is 6.15. The minimum atomic E-state index is -0.858. The molecule has 0 amide bonds. The van der Waals surface area contributed by atoms with Crippen LogP contribution in [-0.2, 0) is 0 Å². The highest BCUT2D eigenvalue weighted by molar-refractivity contribution is 6.30. The van der Waals surface area contributed by atoms with Gasteiger partial charge in [-0.15, -0.1) is 12.3 Å². The molecule has 0 aromatic heterocycles. The average Bonchev–Trinajstić information content (AvgIpc) is 2.09. The zero-order valence-electron chi connectivity index (χ0n) is 6.87. The molecule has 1 atom stereocenters. The molecule has 13 heavy (non-hydrogen) atoms. The van der Waals surface area contributed by atoms with Gasteiger partial charge in [0.2, 0.25) is 0 Å². The van der Waals surface area contributed by atoms with Gasteiger partial charge in [-0.1, -0.05) is 11.6 Å². The van der Waals surface area contributed by atoms with Crippen LogP contribution in [0.4, 0.5) is 0 Å². The Hall–Kier alpha value is -1.17. The first-order valence-corrected chi connectivity index (χ1v) is 4.13. The summed E-state index contributed by atoms with van der Waals surface area (Å²) in [6.45, 7) is 0. The maximum atomic E-state index is 9.46. The van der Waals surface area contributed by atoms with Gasteiger partial charge in [0.1, 0.15) is 5.75 Å². The summed E-state index contributed by atoms with van der Waals surface area (Å²) >= 11 is 5.69. The molecule has 68 valence electrons. The maximum absolute atomic E-state index is 9.46. The van der Waals surface area contributed by atoms with Crippen molar-refractivity contribution < 1.29 is 10.2 Å². The van der Waals surface area contributed by atoms with Crippen molar-refractivity contribution in [1.29, 1.82) is 0 Å². The standard InChI is InChI=1S/C10H9ClO2/c1-2-3-9(12)8-6-7(11)4-5-10(8)13/h1,4-6,9,12-13H,3H2. The quantitative estimate of drug-likeness (QED) is 0.712. The van der Waals surface area contributed by atoms with Gasteiger partial charge in [0.25, 0.3) is 0 Å². The van der Waals surface area contributed by atoms with Gasteiger partial charge in [-0.3, -0.25) is 0 Å². The SMILES string of the molecule is C#CCC(O)c1cc(Cl)ccc1O. The van der Waals surface area contributed by atoms with Crippen LogP contribution in [0.25, 0.3) is 0 Å². The molecule has 2 nitrogen and oxygen atoms in total. The van der Waals surface area contributed by atoms with E-state index in [4.69, 9.17) is 18.0 Å². The predicted octanol–water partition coefficient (Wildman–Crippen LogP) is 2.10. The van der Waals surface area contributed by atoms with Crippen LogP contribution in [-0.4, -0.2) is 10.2 Å². The van der Waals surface area contributed by atoms with Crippen molar-refractivity contribution in [3.05, 3.63) is 28.8 Å². The summed E-state index contributed by atoms with van der Waals surface area (Å²) in [5.74, 6) is 2.32. The summed E-state index contributed by atoms with van der Waals surface area (Å²) in [4.78, 5) is 0. The lowest BCUT2D eigenvalue weighted by molar-refractivity contribution is 0.180. The molecule has 0 spiro atoms. The highest BCUT2D eigenvalue weighted by Crippen LogP contribution is 2.28. The van der Waals surface area contributed by atoms with E-state index >= 15 is 0 Å². The minimum Gasteiger partial charge on any atom is -0.508 e. The van der Waals surface area contributed by atoms with E-state index in [-0.39, 0.29) is 12.2 Å². The largest absolute Gasteiger partial charge is 0.508 e. The summed E-state index contributed by atoms with van der Waals surface area (Å²) in [5.41, 5.74) is 0.366. The van der Waals surface area contributed by atoms with Crippen molar-refractivity contribution in [3.8, 4) is 18.1 Å². The number of aliphatic hydroxyl groups excluding tert-OH is 1. The zero-order chi connectivity index (χ0) is 9.84. The number of phenolic OH excluding ortho intramolecular Hbond substituents is 1. The molecule has 3 heteroatoms. The molecule has 1 unspecified atom stereocenters. The van der Waals surface area contributed by atoms with Gasteiger partial charge in [-0.2, -0.15) is 0 Å². The van der Waals surface area contributed by atoms with Gasteiger partial charge in [0.05, 0.1) is 6.10 Å². The molecule has 0 bridgehead atoms. The fraction of sp³-hybridized carbons (Fsp3) is 0.200. The summed E-state index contributed by atoms with van der Waals surface area (Å²) < 4.78 is 0. The van der Waals surface area contributed by atoms with E-state index < -0.39 is 6.10 Å². The van der Waals surface area contributed by atoms with Gasteiger partial charge in [-0.25, -0.2) is 0 Å². The molecule has 0 aliphatic heterocycles. The van der Waals surface area contributed by atoms with E-state index in [2.05, 4.69) is 5.92 Å². The predicted molar refractivity (Wildman–Crippen MR) is 51.5 cm³/mol. The number of rotatable bonds is 2. The molecular weight excluding hydrogens is 188 g/mol. The van der Waals surface area contributed by atoms with E-state index in [1.807, 2.05) is 0 Å². The second-order valence-electron chi connectivity index (χ2n) is 2.63. The first-order valence-electron chi connectivity index (χ1n) is 3.75. The molecule has 0 saturated carbocycles. The van der Waals surface area contributed by atoms with Gasteiger partial charge in [-0.05, 0) is 18.2 Å². The summed E-state index contributed by atoms with van der Waals surface area (Å²) in [6.07, 6.45) is 4.33. The van der Waals surface area contributed by atoms with E-state index in [1.54, 1.807) is 6.07 Å². The van der Waals surface area contributed by atoms with E-state index in [0.29, 0.717) is 10.6 Å². The molecular formula is C10H9ClO2. The van der Waals surface area contributed by atoms with Crippen LogP contribution >= 0.6 is 11.6 Å². The topological polar surface area (TPSA) is 40.5 Å². The number of hydrogen-bond acceptors (Lipinski definition) is 2. The molecule has 1 aromatic carbocycles. The number of halogens is 1. The Bertz CT molecular complexity index is 341. The molecule has 1 aromatic rings. The molecule has 0 fully saturated rings. The van der Waals surface area contributed by atoms with E-state index in [0.717, 1.165) is 0 Å². The lowest BCUT2D eigenvalue weighted by atomic mass is 10.1. The third kappa shape index (κ3) is 2.38. The van der Waals surface area contributed by atoms with Crippen LogP contribution in [0, 0.1) is 12.3 Å². The minimum absolute atomic E-state index is 0.00662. The highest BCUT2D eigenvalue weighted by Gasteiger charge is 2.11. The number of benzene rings is 1. The zero-order valence-corrected chi connectivity index (χ0v) is 7.62. The number of terminal acetylenes is 1. The third-order valence-corrected chi connectivity index (χ3v) is 1.89.